The van der Waals surface area contributed by atoms with E-state index in [1.54, 1.807) is 11.3 Å². The van der Waals surface area contributed by atoms with E-state index >= 15 is 0 Å². The Bertz CT molecular complexity index is 623. The van der Waals surface area contributed by atoms with Gasteiger partial charge in [0.25, 0.3) is 0 Å². The van der Waals surface area contributed by atoms with E-state index in [0.29, 0.717) is 25.5 Å². The molecule has 1 atom stereocenters. The number of oxazole rings is 1. The Morgan fingerprint density at radius 3 is 3.24 bits per heavy atom. The number of rotatable bonds is 4. The van der Waals surface area contributed by atoms with Crippen LogP contribution >= 0.6 is 11.3 Å². The van der Waals surface area contributed by atoms with Crippen molar-refractivity contribution >= 4 is 17.3 Å². The lowest BCUT2D eigenvalue weighted by molar-refractivity contribution is -0.140. The quantitative estimate of drug-likeness (QED) is 0.892. The molecule has 6 nitrogen and oxygen atoms in total. The molecule has 3 heterocycles. The smallest absolute Gasteiger partial charge is 0.322 e. The Kier molecular flexibility index (Phi) is 4.05. The van der Waals surface area contributed by atoms with Gasteiger partial charge in [-0.3, -0.25) is 9.69 Å². The van der Waals surface area contributed by atoms with Crippen LogP contribution in [0.3, 0.4) is 0 Å². The maximum atomic E-state index is 11.1. The lowest BCUT2D eigenvalue weighted by Crippen LogP contribution is -2.53. The van der Waals surface area contributed by atoms with Crippen LogP contribution in [0.4, 0.5) is 0 Å². The topological polar surface area (TPSA) is 78.6 Å². The number of nitrogens with zero attached hydrogens (tertiary/aromatic N) is 2. The van der Waals surface area contributed by atoms with Crippen molar-refractivity contribution in [2.45, 2.75) is 19.5 Å². The number of carbonyl (C=O) groups is 1. The molecular formula is C14H17N3O3S. The first kappa shape index (κ1) is 14.2. The Morgan fingerprint density at radius 1 is 1.67 bits per heavy atom. The van der Waals surface area contributed by atoms with Gasteiger partial charge < -0.3 is 14.8 Å². The van der Waals surface area contributed by atoms with Crippen molar-refractivity contribution in [3.05, 3.63) is 29.0 Å². The number of aryl methyl sites for hydroxylation is 1. The number of nitrogens with one attached hydrogen (secondary N) is 1. The van der Waals surface area contributed by atoms with Crippen molar-refractivity contribution in [2.75, 3.05) is 19.6 Å². The molecule has 0 aliphatic carbocycles. The molecule has 0 radical (unpaired) electrons. The lowest BCUT2D eigenvalue weighted by Gasteiger charge is -2.30. The van der Waals surface area contributed by atoms with Gasteiger partial charge in [-0.25, -0.2) is 4.98 Å². The standard InChI is InChI=1S/C14H17N3O3S/c1-9-10(16-13(20-9)12-3-2-6-21-12)7-17-5-4-15-11(8-17)14(18)19/h2-3,6,11,15H,4-5,7-8H2,1H3,(H,18,19)/t11-/m1/s1. The van der Waals surface area contributed by atoms with Gasteiger partial charge in [-0.15, -0.1) is 11.3 Å². The highest BCUT2D eigenvalue weighted by Crippen LogP contribution is 2.26. The average Bonchev–Trinajstić information content (AvgIpc) is 3.10. The first-order valence-electron chi connectivity index (χ1n) is 6.82. The number of carboxylic acids is 1. The summed E-state index contributed by atoms with van der Waals surface area (Å²) >= 11 is 1.59. The van der Waals surface area contributed by atoms with Crippen molar-refractivity contribution in [2.24, 2.45) is 0 Å². The number of thiophene rings is 1. The van der Waals surface area contributed by atoms with Gasteiger partial charge in [0.15, 0.2) is 0 Å². The Morgan fingerprint density at radius 2 is 2.52 bits per heavy atom. The zero-order valence-electron chi connectivity index (χ0n) is 11.7. The largest absolute Gasteiger partial charge is 0.480 e. The molecule has 2 aromatic heterocycles. The molecule has 112 valence electrons. The summed E-state index contributed by atoms with van der Waals surface area (Å²) in [4.78, 5) is 18.7. The van der Waals surface area contributed by atoms with Crippen LogP contribution in [0.15, 0.2) is 21.9 Å². The fraction of sp³-hybridized carbons (Fsp3) is 0.429. The minimum atomic E-state index is -0.809. The van der Waals surface area contributed by atoms with Crippen molar-refractivity contribution < 1.29 is 14.3 Å². The van der Waals surface area contributed by atoms with E-state index < -0.39 is 12.0 Å². The SMILES string of the molecule is Cc1oc(-c2cccs2)nc1CN1CCN[C@@H](C(=O)O)C1. The van der Waals surface area contributed by atoms with Crippen LogP contribution in [0.1, 0.15) is 11.5 Å². The second-order valence-electron chi connectivity index (χ2n) is 5.08. The predicted molar refractivity (Wildman–Crippen MR) is 79.3 cm³/mol. The Hall–Kier alpha value is -1.70. The van der Waals surface area contributed by atoms with E-state index in [-0.39, 0.29) is 0 Å². The van der Waals surface area contributed by atoms with Crippen LogP contribution < -0.4 is 5.32 Å². The molecule has 0 bridgehead atoms. The molecule has 2 aromatic rings. The Labute approximate surface area is 126 Å². The fourth-order valence-electron chi connectivity index (χ4n) is 2.41. The number of aromatic nitrogens is 1. The van der Waals surface area contributed by atoms with Crippen molar-refractivity contribution in [3.63, 3.8) is 0 Å². The maximum absolute atomic E-state index is 11.1. The van der Waals surface area contributed by atoms with Crippen molar-refractivity contribution in [3.8, 4) is 10.8 Å². The Balaban J connectivity index is 1.71. The first-order chi connectivity index (χ1) is 10.1. The zero-order valence-corrected chi connectivity index (χ0v) is 12.5. The zero-order chi connectivity index (χ0) is 14.8. The van der Waals surface area contributed by atoms with Crippen LogP contribution in [0.5, 0.6) is 0 Å². The van der Waals surface area contributed by atoms with E-state index in [1.807, 2.05) is 24.4 Å². The highest BCUT2D eigenvalue weighted by molar-refractivity contribution is 7.13. The van der Waals surface area contributed by atoms with Gasteiger partial charge >= 0.3 is 5.97 Å². The van der Waals surface area contributed by atoms with E-state index in [2.05, 4.69) is 15.2 Å². The van der Waals surface area contributed by atoms with E-state index in [1.165, 1.54) is 0 Å². The fourth-order valence-corrected chi connectivity index (χ4v) is 3.06. The van der Waals surface area contributed by atoms with Crippen LogP contribution in [-0.2, 0) is 11.3 Å². The third-order valence-electron chi connectivity index (χ3n) is 3.56. The molecule has 1 aliphatic heterocycles. The summed E-state index contributed by atoms with van der Waals surface area (Å²) in [6.07, 6.45) is 0. The molecule has 1 saturated heterocycles. The molecule has 7 heteroatoms. The number of aliphatic carboxylic acids is 1. The maximum Gasteiger partial charge on any atom is 0.322 e. The number of piperazine rings is 1. The van der Waals surface area contributed by atoms with Crippen molar-refractivity contribution in [1.29, 1.82) is 0 Å². The van der Waals surface area contributed by atoms with Crippen molar-refractivity contribution in [1.82, 2.24) is 15.2 Å². The third-order valence-corrected chi connectivity index (χ3v) is 4.41. The second kappa shape index (κ2) is 5.97. The van der Waals surface area contributed by atoms with E-state index in [0.717, 1.165) is 22.9 Å². The summed E-state index contributed by atoms with van der Waals surface area (Å²) in [5.41, 5.74) is 0.879. The second-order valence-corrected chi connectivity index (χ2v) is 6.03. The van der Waals surface area contributed by atoms with Gasteiger partial charge in [-0.2, -0.15) is 0 Å². The number of hydrogen-bond acceptors (Lipinski definition) is 6. The van der Waals surface area contributed by atoms with Gasteiger partial charge in [-0.05, 0) is 18.4 Å². The molecule has 0 unspecified atom stereocenters. The normalized spacial score (nSPS) is 19.8. The van der Waals surface area contributed by atoms with Crippen LogP contribution in [0.2, 0.25) is 0 Å². The van der Waals surface area contributed by atoms with Gasteiger partial charge in [-0.1, -0.05) is 6.07 Å². The molecule has 0 amide bonds. The van der Waals surface area contributed by atoms with Crippen LogP contribution in [0, 0.1) is 6.92 Å². The molecule has 3 rings (SSSR count). The summed E-state index contributed by atoms with van der Waals surface area (Å²) in [6, 6.07) is 3.43. The number of carboxylic acid groups (broad SMARTS) is 1. The summed E-state index contributed by atoms with van der Waals surface area (Å²) in [5.74, 6) is 0.627. The molecule has 21 heavy (non-hydrogen) atoms. The van der Waals surface area contributed by atoms with E-state index in [4.69, 9.17) is 9.52 Å². The molecule has 2 N–H and O–H groups in total. The molecule has 0 spiro atoms. The summed E-state index contributed by atoms with van der Waals surface area (Å²) in [6.45, 7) is 4.48. The highest BCUT2D eigenvalue weighted by Gasteiger charge is 2.26. The molecule has 1 aliphatic rings. The van der Waals surface area contributed by atoms with Gasteiger partial charge in [0.2, 0.25) is 5.89 Å². The molecule has 0 saturated carbocycles. The van der Waals surface area contributed by atoms with Gasteiger partial charge in [0.1, 0.15) is 11.8 Å². The van der Waals surface area contributed by atoms with Gasteiger partial charge in [0.05, 0.1) is 10.6 Å². The summed E-state index contributed by atoms with van der Waals surface area (Å²) in [7, 11) is 0. The highest BCUT2D eigenvalue weighted by atomic mass is 32.1. The average molecular weight is 307 g/mol. The minimum absolute atomic E-state index is 0.482. The minimum Gasteiger partial charge on any atom is -0.480 e. The summed E-state index contributed by atoms with van der Waals surface area (Å²) in [5, 5.41) is 14.1. The monoisotopic (exact) mass is 307 g/mol. The number of hydrogen-bond donors (Lipinski definition) is 2. The lowest BCUT2D eigenvalue weighted by atomic mass is 10.2. The summed E-state index contributed by atoms with van der Waals surface area (Å²) < 4.78 is 5.72. The van der Waals surface area contributed by atoms with Crippen LogP contribution in [-0.4, -0.2) is 46.6 Å². The van der Waals surface area contributed by atoms with Gasteiger partial charge in [0, 0.05) is 26.2 Å². The first-order valence-corrected chi connectivity index (χ1v) is 7.70. The van der Waals surface area contributed by atoms with Crippen LogP contribution in [0.25, 0.3) is 10.8 Å². The van der Waals surface area contributed by atoms with E-state index in [9.17, 15) is 4.79 Å². The molecular weight excluding hydrogens is 290 g/mol. The predicted octanol–water partition coefficient (Wildman–Crippen LogP) is 1.57. The molecule has 1 fully saturated rings. The third kappa shape index (κ3) is 3.15. The molecule has 0 aromatic carbocycles.